The molecule has 0 aliphatic rings. The van der Waals surface area contributed by atoms with E-state index in [2.05, 4.69) is 22.2 Å². The van der Waals surface area contributed by atoms with Crippen LogP contribution in [-0.2, 0) is 15.1 Å². The van der Waals surface area contributed by atoms with Crippen LogP contribution in [0, 0.1) is 0 Å². The molecular weight excluding hydrogens is 230 g/mol. The molecule has 0 aliphatic carbocycles. The van der Waals surface area contributed by atoms with Crippen molar-refractivity contribution < 1.29 is 9.53 Å². The predicted octanol–water partition coefficient (Wildman–Crippen LogP) is 1.64. The number of nitrogens with zero attached hydrogens (tertiary/aromatic N) is 2. The smallest absolute Gasteiger partial charge is 0.308 e. The minimum absolute atomic E-state index is 0.228. The van der Waals surface area contributed by atoms with Crippen LogP contribution in [0.1, 0.15) is 39.3 Å². The zero-order chi connectivity index (χ0) is 13.4. The molecule has 100 valence electrons. The second-order valence-corrected chi connectivity index (χ2v) is 4.33. The lowest BCUT2D eigenvalue weighted by Gasteiger charge is -2.29. The van der Waals surface area contributed by atoms with Crippen LogP contribution in [0.25, 0.3) is 0 Å². The molecule has 0 radical (unpaired) electrons. The normalized spacial score (nSPS) is 13.9. The Morgan fingerprint density at radius 3 is 2.78 bits per heavy atom. The van der Waals surface area contributed by atoms with Gasteiger partial charge in [-0.3, -0.25) is 14.8 Å². The van der Waals surface area contributed by atoms with E-state index >= 15 is 0 Å². The van der Waals surface area contributed by atoms with Gasteiger partial charge in [0.15, 0.2) is 0 Å². The molecule has 5 heteroatoms. The molecule has 1 unspecified atom stereocenters. The van der Waals surface area contributed by atoms with Crippen LogP contribution in [0.3, 0.4) is 0 Å². The van der Waals surface area contributed by atoms with E-state index in [-0.39, 0.29) is 12.4 Å². The highest BCUT2D eigenvalue weighted by Crippen LogP contribution is 2.22. The SMILES string of the molecule is CCCNC(C)(CC(=O)OCC)c1cnccn1. The van der Waals surface area contributed by atoms with Gasteiger partial charge in [0.05, 0.1) is 30.5 Å². The van der Waals surface area contributed by atoms with Crippen molar-refractivity contribution in [3.8, 4) is 0 Å². The van der Waals surface area contributed by atoms with E-state index in [4.69, 9.17) is 4.74 Å². The van der Waals surface area contributed by atoms with E-state index in [0.717, 1.165) is 18.7 Å². The van der Waals surface area contributed by atoms with Crippen molar-refractivity contribution in [2.75, 3.05) is 13.2 Å². The Morgan fingerprint density at radius 2 is 2.22 bits per heavy atom. The average molecular weight is 251 g/mol. The molecule has 0 spiro atoms. The van der Waals surface area contributed by atoms with E-state index in [1.165, 1.54) is 0 Å². The fraction of sp³-hybridized carbons (Fsp3) is 0.615. The molecule has 1 heterocycles. The maximum Gasteiger partial charge on any atom is 0.308 e. The van der Waals surface area contributed by atoms with Crippen molar-refractivity contribution >= 4 is 5.97 Å². The summed E-state index contributed by atoms with van der Waals surface area (Å²) in [5.74, 6) is -0.228. The highest BCUT2D eigenvalue weighted by atomic mass is 16.5. The standard InChI is InChI=1S/C13H21N3O2/c1-4-6-16-13(3,9-12(17)18-5-2)11-10-14-7-8-15-11/h7-8,10,16H,4-6,9H2,1-3H3. The minimum atomic E-state index is -0.531. The van der Waals surface area contributed by atoms with Gasteiger partial charge in [-0.2, -0.15) is 0 Å². The van der Waals surface area contributed by atoms with E-state index in [9.17, 15) is 4.79 Å². The highest BCUT2D eigenvalue weighted by Gasteiger charge is 2.31. The molecule has 0 fully saturated rings. The Labute approximate surface area is 108 Å². The van der Waals surface area contributed by atoms with Crippen LogP contribution in [0.4, 0.5) is 0 Å². The van der Waals surface area contributed by atoms with Crippen molar-refractivity contribution in [1.29, 1.82) is 0 Å². The first-order chi connectivity index (χ1) is 8.62. The maximum absolute atomic E-state index is 11.7. The van der Waals surface area contributed by atoms with Gasteiger partial charge in [0.25, 0.3) is 0 Å². The molecule has 1 atom stereocenters. The quantitative estimate of drug-likeness (QED) is 0.746. The fourth-order valence-electron chi connectivity index (χ4n) is 1.73. The van der Waals surface area contributed by atoms with E-state index < -0.39 is 5.54 Å². The van der Waals surface area contributed by atoms with Gasteiger partial charge in [0, 0.05) is 12.4 Å². The maximum atomic E-state index is 11.7. The topological polar surface area (TPSA) is 64.1 Å². The fourth-order valence-corrected chi connectivity index (χ4v) is 1.73. The van der Waals surface area contributed by atoms with Gasteiger partial charge in [-0.1, -0.05) is 6.92 Å². The molecule has 5 nitrogen and oxygen atoms in total. The summed E-state index contributed by atoms with van der Waals surface area (Å²) in [5, 5.41) is 3.35. The summed E-state index contributed by atoms with van der Waals surface area (Å²) in [6.07, 6.45) is 6.17. The van der Waals surface area contributed by atoms with Crippen LogP contribution >= 0.6 is 0 Å². The summed E-state index contributed by atoms with van der Waals surface area (Å²) in [5.41, 5.74) is 0.225. The van der Waals surface area contributed by atoms with Crippen LogP contribution in [0.2, 0.25) is 0 Å². The summed E-state index contributed by atoms with van der Waals surface area (Å²) < 4.78 is 5.01. The minimum Gasteiger partial charge on any atom is -0.466 e. The number of hydrogen-bond acceptors (Lipinski definition) is 5. The molecule has 1 N–H and O–H groups in total. The van der Waals surface area contributed by atoms with Gasteiger partial charge >= 0.3 is 5.97 Å². The second kappa shape index (κ2) is 7.06. The molecule has 1 rings (SSSR count). The Hall–Kier alpha value is -1.49. The Morgan fingerprint density at radius 1 is 1.44 bits per heavy atom. The van der Waals surface area contributed by atoms with Crippen LogP contribution in [-0.4, -0.2) is 29.1 Å². The summed E-state index contributed by atoms with van der Waals surface area (Å²) in [7, 11) is 0. The van der Waals surface area contributed by atoms with Gasteiger partial charge in [-0.05, 0) is 26.8 Å². The number of rotatable bonds is 7. The van der Waals surface area contributed by atoms with Gasteiger partial charge in [0.1, 0.15) is 0 Å². The molecule has 0 bridgehead atoms. The molecule has 18 heavy (non-hydrogen) atoms. The first-order valence-electron chi connectivity index (χ1n) is 6.29. The number of hydrogen-bond donors (Lipinski definition) is 1. The third-order valence-corrected chi connectivity index (χ3v) is 2.70. The van der Waals surface area contributed by atoms with Gasteiger partial charge in [0.2, 0.25) is 0 Å². The average Bonchev–Trinajstić information content (AvgIpc) is 2.38. The second-order valence-electron chi connectivity index (χ2n) is 4.33. The van der Waals surface area contributed by atoms with Crippen LogP contribution in [0.5, 0.6) is 0 Å². The molecule has 0 amide bonds. The lowest BCUT2D eigenvalue weighted by atomic mass is 9.93. The number of ether oxygens (including phenoxy) is 1. The van der Waals surface area contributed by atoms with Crippen molar-refractivity contribution in [2.45, 2.75) is 39.2 Å². The summed E-state index contributed by atoms with van der Waals surface area (Å²) >= 11 is 0. The molecule has 1 aromatic heterocycles. The lowest BCUT2D eigenvalue weighted by Crippen LogP contribution is -2.43. The molecule has 1 aromatic rings. The molecule has 0 aliphatic heterocycles. The molecular formula is C13H21N3O2. The summed E-state index contributed by atoms with van der Waals surface area (Å²) in [4.78, 5) is 20.0. The zero-order valence-corrected chi connectivity index (χ0v) is 11.3. The Bertz CT molecular complexity index is 370. The first-order valence-corrected chi connectivity index (χ1v) is 6.29. The van der Waals surface area contributed by atoms with Crippen LogP contribution < -0.4 is 5.32 Å². The third-order valence-electron chi connectivity index (χ3n) is 2.70. The van der Waals surface area contributed by atoms with Crippen molar-refractivity contribution in [3.63, 3.8) is 0 Å². The highest BCUT2D eigenvalue weighted by molar-refractivity contribution is 5.71. The van der Waals surface area contributed by atoms with Crippen molar-refractivity contribution in [2.24, 2.45) is 0 Å². The molecule has 0 saturated heterocycles. The lowest BCUT2D eigenvalue weighted by molar-refractivity contribution is -0.144. The summed E-state index contributed by atoms with van der Waals surface area (Å²) in [6.45, 7) is 7.03. The Kier molecular flexibility index (Phi) is 5.71. The largest absolute Gasteiger partial charge is 0.466 e. The van der Waals surface area contributed by atoms with Crippen molar-refractivity contribution in [1.82, 2.24) is 15.3 Å². The zero-order valence-electron chi connectivity index (χ0n) is 11.3. The van der Waals surface area contributed by atoms with E-state index in [0.29, 0.717) is 6.61 Å². The number of carbonyl (C=O) groups is 1. The molecule has 0 aromatic carbocycles. The van der Waals surface area contributed by atoms with E-state index in [1.807, 2.05) is 6.92 Å². The number of esters is 1. The van der Waals surface area contributed by atoms with Crippen LogP contribution in [0.15, 0.2) is 18.6 Å². The van der Waals surface area contributed by atoms with Crippen molar-refractivity contribution in [3.05, 3.63) is 24.3 Å². The summed E-state index contributed by atoms with van der Waals surface area (Å²) in [6, 6.07) is 0. The molecule has 0 saturated carbocycles. The predicted molar refractivity (Wildman–Crippen MR) is 68.9 cm³/mol. The van der Waals surface area contributed by atoms with Gasteiger partial charge in [-0.15, -0.1) is 0 Å². The third kappa shape index (κ3) is 4.07. The van der Waals surface area contributed by atoms with Gasteiger partial charge in [-0.25, -0.2) is 0 Å². The van der Waals surface area contributed by atoms with E-state index in [1.54, 1.807) is 25.5 Å². The number of nitrogens with one attached hydrogen (secondary N) is 1. The number of aromatic nitrogens is 2. The number of carbonyl (C=O) groups excluding carboxylic acids is 1. The monoisotopic (exact) mass is 251 g/mol. The Balaban J connectivity index is 2.84. The van der Waals surface area contributed by atoms with Gasteiger partial charge < -0.3 is 10.1 Å². The first kappa shape index (κ1) is 14.6.